The zero-order valence-electron chi connectivity index (χ0n) is 10.8. The van der Waals surface area contributed by atoms with E-state index in [-0.39, 0.29) is 12.1 Å². The standard InChI is InChI=1S/C13H21NO4/c1-2-18-12-9-8-11(15)14(12)10-6-4-3-5-7-13(16)17/h5,7,12H,2-4,6,8-10H2,1H3,(H,16,17). The number of amides is 1. The van der Waals surface area contributed by atoms with Crippen LogP contribution in [0.15, 0.2) is 12.2 Å². The van der Waals surface area contributed by atoms with E-state index >= 15 is 0 Å². The Balaban J connectivity index is 2.20. The Kier molecular flexibility index (Phi) is 6.43. The molecule has 0 aliphatic carbocycles. The number of aliphatic carboxylic acids is 1. The van der Waals surface area contributed by atoms with Gasteiger partial charge in [-0.05, 0) is 26.2 Å². The summed E-state index contributed by atoms with van der Waals surface area (Å²) in [6.45, 7) is 3.25. The molecule has 0 aromatic rings. The summed E-state index contributed by atoms with van der Waals surface area (Å²) >= 11 is 0. The van der Waals surface area contributed by atoms with Crippen LogP contribution in [0.4, 0.5) is 0 Å². The van der Waals surface area contributed by atoms with Crippen LogP contribution in [0.5, 0.6) is 0 Å². The highest BCUT2D eigenvalue weighted by Crippen LogP contribution is 2.20. The van der Waals surface area contributed by atoms with Crippen LogP contribution in [-0.2, 0) is 14.3 Å². The molecular weight excluding hydrogens is 234 g/mol. The first-order valence-electron chi connectivity index (χ1n) is 6.45. The fourth-order valence-electron chi connectivity index (χ4n) is 2.07. The number of ether oxygens (including phenoxy) is 1. The van der Waals surface area contributed by atoms with Crippen molar-refractivity contribution in [3.05, 3.63) is 12.2 Å². The Morgan fingerprint density at radius 1 is 1.56 bits per heavy atom. The Morgan fingerprint density at radius 2 is 2.33 bits per heavy atom. The number of hydrogen-bond donors (Lipinski definition) is 1. The van der Waals surface area contributed by atoms with Crippen LogP contribution in [0.2, 0.25) is 0 Å². The second-order valence-corrected chi connectivity index (χ2v) is 4.27. The van der Waals surface area contributed by atoms with Crippen molar-refractivity contribution in [2.24, 2.45) is 0 Å². The number of rotatable bonds is 8. The molecule has 0 radical (unpaired) electrons. The molecule has 1 atom stereocenters. The molecule has 1 amide bonds. The van der Waals surface area contributed by atoms with E-state index in [1.807, 2.05) is 6.92 Å². The van der Waals surface area contributed by atoms with Crippen LogP contribution in [-0.4, -0.2) is 41.3 Å². The van der Waals surface area contributed by atoms with Crippen molar-refractivity contribution in [3.63, 3.8) is 0 Å². The topological polar surface area (TPSA) is 66.8 Å². The van der Waals surface area contributed by atoms with Crippen molar-refractivity contribution in [2.45, 2.75) is 45.3 Å². The summed E-state index contributed by atoms with van der Waals surface area (Å²) in [6, 6.07) is 0. The summed E-state index contributed by atoms with van der Waals surface area (Å²) in [5.74, 6) is -0.754. The van der Waals surface area contributed by atoms with Crippen LogP contribution in [0.3, 0.4) is 0 Å². The van der Waals surface area contributed by atoms with Crippen LogP contribution in [0, 0.1) is 0 Å². The molecule has 0 aromatic heterocycles. The number of allylic oxidation sites excluding steroid dienone is 1. The number of hydrogen-bond acceptors (Lipinski definition) is 3. The van der Waals surface area contributed by atoms with Gasteiger partial charge >= 0.3 is 5.97 Å². The van der Waals surface area contributed by atoms with Gasteiger partial charge in [-0.1, -0.05) is 6.08 Å². The Morgan fingerprint density at radius 3 is 3.00 bits per heavy atom. The zero-order valence-corrected chi connectivity index (χ0v) is 10.8. The highest BCUT2D eigenvalue weighted by Gasteiger charge is 2.30. The van der Waals surface area contributed by atoms with Crippen molar-refractivity contribution in [1.82, 2.24) is 4.90 Å². The Labute approximate surface area is 107 Å². The molecule has 5 nitrogen and oxygen atoms in total. The van der Waals surface area contributed by atoms with E-state index in [1.54, 1.807) is 11.0 Å². The second-order valence-electron chi connectivity index (χ2n) is 4.27. The van der Waals surface area contributed by atoms with Crippen molar-refractivity contribution in [1.29, 1.82) is 0 Å². The number of carbonyl (C=O) groups excluding carboxylic acids is 1. The lowest BCUT2D eigenvalue weighted by Crippen LogP contribution is -2.35. The van der Waals surface area contributed by atoms with E-state index in [9.17, 15) is 9.59 Å². The normalized spacial score (nSPS) is 19.9. The molecule has 0 aromatic carbocycles. The lowest BCUT2D eigenvalue weighted by Gasteiger charge is -2.24. The van der Waals surface area contributed by atoms with Crippen molar-refractivity contribution < 1.29 is 19.4 Å². The number of nitrogens with zero attached hydrogens (tertiary/aromatic N) is 1. The Bertz CT molecular complexity index is 314. The number of carboxylic acids is 1. The van der Waals surface area contributed by atoms with Crippen LogP contribution < -0.4 is 0 Å². The minimum Gasteiger partial charge on any atom is -0.478 e. The average Bonchev–Trinajstić information content (AvgIpc) is 2.66. The first-order valence-corrected chi connectivity index (χ1v) is 6.45. The molecular formula is C13H21NO4. The molecule has 1 heterocycles. The zero-order chi connectivity index (χ0) is 13.4. The maximum absolute atomic E-state index is 11.6. The largest absolute Gasteiger partial charge is 0.478 e. The summed E-state index contributed by atoms with van der Waals surface area (Å²) in [4.78, 5) is 23.7. The monoisotopic (exact) mass is 255 g/mol. The smallest absolute Gasteiger partial charge is 0.327 e. The van der Waals surface area contributed by atoms with Crippen molar-refractivity contribution >= 4 is 11.9 Å². The van der Waals surface area contributed by atoms with Crippen LogP contribution >= 0.6 is 0 Å². The molecule has 1 aliphatic heterocycles. The first-order chi connectivity index (χ1) is 8.65. The summed E-state index contributed by atoms with van der Waals surface area (Å²) in [5.41, 5.74) is 0. The van der Waals surface area contributed by atoms with E-state index in [4.69, 9.17) is 9.84 Å². The van der Waals surface area contributed by atoms with Gasteiger partial charge in [0.25, 0.3) is 0 Å². The maximum Gasteiger partial charge on any atom is 0.327 e. The third kappa shape index (κ3) is 4.87. The van der Waals surface area contributed by atoms with Gasteiger partial charge in [-0.2, -0.15) is 0 Å². The molecule has 1 aliphatic rings. The third-order valence-corrected chi connectivity index (χ3v) is 2.91. The minimum absolute atomic E-state index is 0.0583. The van der Waals surface area contributed by atoms with Gasteiger partial charge in [-0.3, -0.25) is 4.79 Å². The van der Waals surface area contributed by atoms with Gasteiger partial charge < -0.3 is 14.7 Å². The third-order valence-electron chi connectivity index (χ3n) is 2.91. The van der Waals surface area contributed by atoms with Gasteiger partial charge in [0.15, 0.2) is 0 Å². The lowest BCUT2D eigenvalue weighted by molar-refractivity contribution is -0.136. The van der Waals surface area contributed by atoms with E-state index < -0.39 is 5.97 Å². The number of unbranched alkanes of at least 4 members (excludes halogenated alkanes) is 2. The quantitative estimate of drug-likeness (QED) is 0.530. The fraction of sp³-hybridized carbons (Fsp3) is 0.692. The number of carboxylic acid groups (broad SMARTS) is 1. The molecule has 1 saturated heterocycles. The molecule has 1 fully saturated rings. The van der Waals surface area contributed by atoms with Gasteiger partial charge in [-0.15, -0.1) is 0 Å². The van der Waals surface area contributed by atoms with E-state index in [0.29, 0.717) is 19.6 Å². The molecule has 102 valence electrons. The molecule has 1 unspecified atom stereocenters. The molecule has 1 N–H and O–H groups in total. The summed E-state index contributed by atoms with van der Waals surface area (Å²) in [5, 5.41) is 8.41. The van der Waals surface area contributed by atoms with Crippen LogP contribution in [0.25, 0.3) is 0 Å². The lowest BCUT2D eigenvalue weighted by atomic mass is 10.2. The van der Waals surface area contributed by atoms with E-state index in [0.717, 1.165) is 31.8 Å². The average molecular weight is 255 g/mol. The van der Waals surface area contributed by atoms with Gasteiger partial charge in [0.2, 0.25) is 5.91 Å². The molecule has 0 spiro atoms. The van der Waals surface area contributed by atoms with Crippen molar-refractivity contribution in [2.75, 3.05) is 13.2 Å². The minimum atomic E-state index is -0.916. The highest BCUT2D eigenvalue weighted by molar-refractivity contribution is 5.79. The van der Waals surface area contributed by atoms with Gasteiger partial charge in [0.05, 0.1) is 0 Å². The van der Waals surface area contributed by atoms with Gasteiger partial charge in [0.1, 0.15) is 6.23 Å². The Hall–Kier alpha value is -1.36. The molecule has 5 heteroatoms. The maximum atomic E-state index is 11.6. The predicted molar refractivity (Wildman–Crippen MR) is 67.0 cm³/mol. The van der Waals surface area contributed by atoms with E-state index in [1.165, 1.54) is 0 Å². The highest BCUT2D eigenvalue weighted by atomic mass is 16.5. The summed E-state index contributed by atoms with van der Waals surface area (Å²) < 4.78 is 5.51. The molecule has 0 saturated carbocycles. The first kappa shape index (κ1) is 14.7. The number of likely N-dealkylation sites (tertiary alicyclic amines) is 1. The molecule has 0 bridgehead atoms. The predicted octanol–water partition coefficient (Wildman–Crippen LogP) is 1.78. The molecule has 1 rings (SSSR count). The summed E-state index contributed by atoms with van der Waals surface area (Å²) in [6.07, 6.45) is 6.59. The second kappa shape index (κ2) is 7.87. The van der Waals surface area contributed by atoms with Gasteiger partial charge in [0, 0.05) is 32.1 Å². The van der Waals surface area contributed by atoms with Crippen molar-refractivity contribution in [3.8, 4) is 0 Å². The molecule has 18 heavy (non-hydrogen) atoms. The summed E-state index contributed by atoms with van der Waals surface area (Å²) in [7, 11) is 0. The van der Waals surface area contributed by atoms with Gasteiger partial charge in [-0.25, -0.2) is 4.79 Å². The fourth-order valence-corrected chi connectivity index (χ4v) is 2.07. The van der Waals surface area contributed by atoms with Crippen LogP contribution in [0.1, 0.15) is 39.0 Å². The number of carbonyl (C=O) groups is 2. The van der Waals surface area contributed by atoms with E-state index in [2.05, 4.69) is 0 Å². The SMILES string of the molecule is CCOC1CCC(=O)N1CCCCC=CC(=O)O.